The Morgan fingerprint density at radius 1 is 1.08 bits per heavy atom. The Morgan fingerprint density at radius 3 is 2.46 bits per heavy atom. The van der Waals surface area contributed by atoms with Crippen LogP contribution in [0.3, 0.4) is 0 Å². The summed E-state index contributed by atoms with van der Waals surface area (Å²) in [5.41, 5.74) is 7.50. The summed E-state index contributed by atoms with van der Waals surface area (Å²) in [6.45, 7) is 1.97. The monoisotopic (exact) mass is 326 g/mol. The Hall–Kier alpha value is -2.82. The van der Waals surface area contributed by atoms with Crippen LogP contribution in [0.2, 0.25) is 0 Å². The number of amides is 2. The molecule has 0 radical (unpaired) electrons. The first kappa shape index (κ1) is 17.5. The molecule has 126 valence electrons. The third kappa shape index (κ3) is 5.12. The summed E-state index contributed by atoms with van der Waals surface area (Å²) >= 11 is 0. The molecule has 5 nitrogen and oxygen atoms in total. The van der Waals surface area contributed by atoms with Gasteiger partial charge in [-0.15, -0.1) is 0 Å². The summed E-state index contributed by atoms with van der Waals surface area (Å²) in [5.74, 6) is -0.584. The van der Waals surface area contributed by atoms with E-state index in [4.69, 9.17) is 10.5 Å². The van der Waals surface area contributed by atoms with E-state index in [-0.39, 0.29) is 18.1 Å². The molecule has 0 bridgehead atoms. The molecule has 2 aromatic rings. The highest BCUT2D eigenvalue weighted by Crippen LogP contribution is 2.17. The Bertz CT molecular complexity index is 696. The van der Waals surface area contributed by atoms with Gasteiger partial charge in [-0.05, 0) is 42.7 Å². The largest absolute Gasteiger partial charge is 0.483 e. The van der Waals surface area contributed by atoms with Crippen molar-refractivity contribution in [1.82, 2.24) is 0 Å². The highest BCUT2D eigenvalue weighted by molar-refractivity contribution is 5.96. The molecular formula is C19H22N2O3. The molecule has 0 aromatic heterocycles. The van der Waals surface area contributed by atoms with E-state index < -0.39 is 5.91 Å². The summed E-state index contributed by atoms with van der Waals surface area (Å²) in [6, 6.07) is 14.3. The van der Waals surface area contributed by atoms with Crippen LogP contribution in [0, 0.1) is 0 Å². The van der Waals surface area contributed by atoms with Crippen LogP contribution in [-0.4, -0.2) is 18.4 Å². The lowest BCUT2D eigenvalue weighted by Crippen LogP contribution is -2.21. The number of nitrogens with two attached hydrogens (primary N) is 1. The average Bonchev–Trinajstić information content (AvgIpc) is 2.59. The van der Waals surface area contributed by atoms with Gasteiger partial charge in [0.1, 0.15) is 5.75 Å². The lowest BCUT2D eigenvalue weighted by atomic mass is 10.1. The first-order valence-corrected chi connectivity index (χ1v) is 8.00. The number of anilines is 1. The Balaban J connectivity index is 1.88. The van der Waals surface area contributed by atoms with Gasteiger partial charge in [0.05, 0.1) is 5.56 Å². The first-order valence-electron chi connectivity index (χ1n) is 8.00. The van der Waals surface area contributed by atoms with E-state index in [0.29, 0.717) is 11.4 Å². The van der Waals surface area contributed by atoms with E-state index in [9.17, 15) is 9.59 Å². The summed E-state index contributed by atoms with van der Waals surface area (Å²) in [6.07, 6.45) is 3.35. The number of carbonyl (C=O) groups excluding carboxylic acids is 2. The van der Waals surface area contributed by atoms with Crippen molar-refractivity contribution in [3.05, 3.63) is 59.7 Å². The molecule has 0 fully saturated rings. The van der Waals surface area contributed by atoms with E-state index in [1.54, 1.807) is 24.3 Å². The molecule has 0 unspecified atom stereocenters. The van der Waals surface area contributed by atoms with Crippen LogP contribution >= 0.6 is 0 Å². The second kappa shape index (κ2) is 8.72. The number of carbonyl (C=O) groups is 2. The normalized spacial score (nSPS) is 10.2. The molecule has 0 atom stereocenters. The fraction of sp³-hybridized carbons (Fsp3) is 0.263. The van der Waals surface area contributed by atoms with Crippen molar-refractivity contribution < 1.29 is 14.3 Å². The van der Waals surface area contributed by atoms with Gasteiger partial charge in [-0.1, -0.05) is 37.6 Å². The van der Waals surface area contributed by atoms with E-state index >= 15 is 0 Å². The van der Waals surface area contributed by atoms with Gasteiger partial charge in [-0.3, -0.25) is 9.59 Å². The second-order valence-electron chi connectivity index (χ2n) is 5.50. The number of ether oxygens (including phenoxy) is 1. The van der Waals surface area contributed by atoms with Gasteiger partial charge in [0, 0.05) is 5.69 Å². The van der Waals surface area contributed by atoms with Crippen molar-refractivity contribution in [3.63, 3.8) is 0 Å². The Kier molecular flexibility index (Phi) is 6.37. The zero-order valence-electron chi connectivity index (χ0n) is 13.7. The fourth-order valence-corrected chi connectivity index (χ4v) is 2.27. The van der Waals surface area contributed by atoms with Gasteiger partial charge in [0.15, 0.2) is 6.61 Å². The molecule has 2 rings (SSSR count). The molecule has 0 aliphatic heterocycles. The van der Waals surface area contributed by atoms with Crippen LogP contribution in [0.25, 0.3) is 0 Å². The smallest absolute Gasteiger partial charge is 0.262 e. The molecule has 0 spiro atoms. The zero-order valence-corrected chi connectivity index (χ0v) is 13.7. The van der Waals surface area contributed by atoms with E-state index in [2.05, 4.69) is 12.2 Å². The van der Waals surface area contributed by atoms with Crippen LogP contribution < -0.4 is 15.8 Å². The van der Waals surface area contributed by atoms with Gasteiger partial charge >= 0.3 is 0 Å². The highest BCUT2D eigenvalue weighted by Gasteiger charge is 2.10. The lowest BCUT2D eigenvalue weighted by molar-refractivity contribution is -0.118. The number of rotatable bonds is 8. The lowest BCUT2D eigenvalue weighted by Gasteiger charge is -2.10. The van der Waals surface area contributed by atoms with Crippen LogP contribution in [-0.2, 0) is 11.2 Å². The minimum atomic E-state index is -0.589. The second-order valence-corrected chi connectivity index (χ2v) is 5.50. The quantitative estimate of drug-likeness (QED) is 0.782. The van der Waals surface area contributed by atoms with Crippen molar-refractivity contribution >= 4 is 17.5 Å². The van der Waals surface area contributed by atoms with Gasteiger partial charge in [0.2, 0.25) is 0 Å². The van der Waals surface area contributed by atoms with Crippen molar-refractivity contribution in [3.8, 4) is 5.75 Å². The molecule has 2 amide bonds. The third-order valence-corrected chi connectivity index (χ3v) is 3.57. The SMILES string of the molecule is CCCCc1ccc(NC(=O)COc2ccccc2C(N)=O)cc1. The Morgan fingerprint density at radius 2 is 1.79 bits per heavy atom. The van der Waals surface area contributed by atoms with Gasteiger partial charge in [0.25, 0.3) is 11.8 Å². The van der Waals surface area contributed by atoms with Gasteiger partial charge < -0.3 is 15.8 Å². The number of para-hydroxylation sites is 1. The average molecular weight is 326 g/mol. The van der Waals surface area contributed by atoms with Crippen LogP contribution in [0.1, 0.15) is 35.7 Å². The van der Waals surface area contributed by atoms with Crippen molar-refractivity contribution in [2.75, 3.05) is 11.9 Å². The number of nitrogens with one attached hydrogen (secondary N) is 1. The van der Waals surface area contributed by atoms with Gasteiger partial charge in [-0.2, -0.15) is 0 Å². The Labute approximate surface area is 141 Å². The van der Waals surface area contributed by atoms with Gasteiger partial charge in [-0.25, -0.2) is 0 Å². The maximum absolute atomic E-state index is 12.0. The maximum atomic E-state index is 12.0. The van der Waals surface area contributed by atoms with Crippen LogP contribution in [0.15, 0.2) is 48.5 Å². The van der Waals surface area contributed by atoms with E-state index in [0.717, 1.165) is 19.3 Å². The summed E-state index contributed by atoms with van der Waals surface area (Å²) in [5, 5.41) is 2.76. The van der Waals surface area contributed by atoms with Crippen molar-refractivity contribution in [2.45, 2.75) is 26.2 Å². The molecule has 2 aromatic carbocycles. The van der Waals surface area contributed by atoms with Crippen LogP contribution in [0.4, 0.5) is 5.69 Å². The number of benzene rings is 2. The molecule has 0 saturated carbocycles. The summed E-state index contributed by atoms with van der Waals surface area (Å²) in [7, 11) is 0. The molecule has 0 saturated heterocycles. The molecular weight excluding hydrogens is 304 g/mol. The van der Waals surface area contributed by atoms with E-state index in [1.165, 1.54) is 5.56 Å². The molecule has 0 heterocycles. The summed E-state index contributed by atoms with van der Waals surface area (Å²) in [4.78, 5) is 23.3. The fourth-order valence-electron chi connectivity index (χ4n) is 2.27. The molecule has 0 aliphatic carbocycles. The molecule has 24 heavy (non-hydrogen) atoms. The molecule has 5 heteroatoms. The number of hydrogen-bond donors (Lipinski definition) is 2. The zero-order chi connectivity index (χ0) is 17.4. The number of unbranched alkanes of at least 4 members (excludes halogenated alkanes) is 1. The predicted octanol–water partition coefficient (Wildman–Crippen LogP) is 3.15. The number of aryl methyl sites for hydroxylation is 1. The molecule has 3 N–H and O–H groups in total. The minimum Gasteiger partial charge on any atom is -0.483 e. The highest BCUT2D eigenvalue weighted by atomic mass is 16.5. The van der Waals surface area contributed by atoms with Crippen molar-refractivity contribution in [2.24, 2.45) is 5.73 Å². The van der Waals surface area contributed by atoms with E-state index in [1.807, 2.05) is 24.3 Å². The third-order valence-electron chi connectivity index (χ3n) is 3.57. The molecule has 0 aliphatic rings. The minimum absolute atomic E-state index is 0.193. The van der Waals surface area contributed by atoms with Crippen LogP contribution in [0.5, 0.6) is 5.75 Å². The van der Waals surface area contributed by atoms with Crippen molar-refractivity contribution in [1.29, 1.82) is 0 Å². The maximum Gasteiger partial charge on any atom is 0.262 e. The number of primary amides is 1. The topological polar surface area (TPSA) is 81.4 Å². The first-order chi connectivity index (χ1) is 11.6. The predicted molar refractivity (Wildman–Crippen MR) is 94.1 cm³/mol. The standard InChI is InChI=1S/C19H22N2O3/c1-2-3-6-14-9-11-15(12-10-14)21-18(22)13-24-17-8-5-4-7-16(17)19(20)23/h4-5,7-12H,2-3,6,13H2,1H3,(H2,20,23)(H,21,22). The summed E-state index contributed by atoms with van der Waals surface area (Å²) < 4.78 is 5.40. The number of hydrogen-bond acceptors (Lipinski definition) is 3.